The Labute approximate surface area is 116 Å². The molecular formula is C15H14N2O3. The summed E-state index contributed by atoms with van der Waals surface area (Å²) in [5.74, 6) is 0.867. The molecular weight excluding hydrogens is 256 g/mol. The molecule has 20 heavy (non-hydrogen) atoms. The van der Waals surface area contributed by atoms with Gasteiger partial charge in [-0.25, -0.2) is 4.98 Å². The summed E-state index contributed by atoms with van der Waals surface area (Å²) in [5, 5.41) is 0. The molecule has 1 saturated heterocycles. The Morgan fingerprint density at radius 3 is 2.45 bits per heavy atom. The van der Waals surface area contributed by atoms with Gasteiger partial charge in [0.25, 0.3) is 0 Å². The Morgan fingerprint density at radius 2 is 1.80 bits per heavy atom. The van der Waals surface area contributed by atoms with Crippen LogP contribution in [0.1, 0.15) is 24.3 Å². The molecule has 5 nitrogen and oxygen atoms in total. The van der Waals surface area contributed by atoms with Crippen LogP contribution in [0.3, 0.4) is 0 Å². The van der Waals surface area contributed by atoms with Gasteiger partial charge in [-0.3, -0.25) is 14.5 Å². The molecule has 0 atom stereocenters. The van der Waals surface area contributed by atoms with Crippen LogP contribution in [0.15, 0.2) is 34.7 Å². The van der Waals surface area contributed by atoms with Crippen LogP contribution in [0.2, 0.25) is 0 Å². The number of aromatic nitrogens is 1. The van der Waals surface area contributed by atoms with E-state index in [2.05, 4.69) is 4.98 Å². The predicted molar refractivity (Wildman–Crippen MR) is 71.5 cm³/mol. The van der Waals surface area contributed by atoms with Crippen molar-refractivity contribution in [3.05, 3.63) is 41.8 Å². The van der Waals surface area contributed by atoms with E-state index in [4.69, 9.17) is 4.42 Å². The summed E-state index contributed by atoms with van der Waals surface area (Å²) in [7, 11) is 0. The number of carbonyl (C=O) groups excluding carboxylic acids is 2. The quantitative estimate of drug-likeness (QED) is 0.803. The summed E-state index contributed by atoms with van der Waals surface area (Å²) in [6.45, 7) is 1.99. The fourth-order valence-electron chi connectivity index (χ4n) is 2.23. The summed E-state index contributed by atoms with van der Waals surface area (Å²) in [4.78, 5) is 28.9. The van der Waals surface area contributed by atoms with E-state index in [9.17, 15) is 9.59 Å². The number of oxazole rings is 1. The van der Waals surface area contributed by atoms with Gasteiger partial charge in [-0.15, -0.1) is 0 Å². The first-order valence-electron chi connectivity index (χ1n) is 6.50. The lowest BCUT2D eigenvalue weighted by molar-refractivity contribution is -0.139. The van der Waals surface area contributed by atoms with Gasteiger partial charge in [0.1, 0.15) is 11.5 Å². The number of hydrogen-bond acceptors (Lipinski definition) is 4. The van der Waals surface area contributed by atoms with Crippen molar-refractivity contribution >= 4 is 11.8 Å². The lowest BCUT2D eigenvalue weighted by Gasteiger charge is -2.11. The number of amides is 2. The van der Waals surface area contributed by atoms with Gasteiger partial charge < -0.3 is 4.42 Å². The Balaban J connectivity index is 1.87. The zero-order valence-electron chi connectivity index (χ0n) is 11.1. The van der Waals surface area contributed by atoms with Crippen LogP contribution in [0.5, 0.6) is 0 Å². The monoisotopic (exact) mass is 270 g/mol. The van der Waals surface area contributed by atoms with E-state index in [0.717, 1.165) is 5.56 Å². The molecule has 1 aliphatic heterocycles. The minimum Gasteiger partial charge on any atom is -0.441 e. The normalized spacial score (nSPS) is 15.2. The number of likely N-dealkylation sites (tertiary alicyclic amines) is 1. The molecule has 0 radical (unpaired) electrons. The lowest BCUT2D eigenvalue weighted by Crippen LogP contribution is -2.28. The molecule has 2 amide bonds. The third kappa shape index (κ3) is 2.22. The van der Waals surface area contributed by atoms with Crippen LogP contribution in [-0.2, 0) is 16.1 Å². The smallest absolute Gasteiger partial charge is 0.230 e. The zero-order chi connectivity index (χ0) is 14.1. The van der Waals surface area contributed by atoms with Gasteiger partial charge in [-0.2, -0.15) is 0 Å². The summed E-state index contributed by atoms with van der Waals surface area (Å²) >= 11 is 0. The fourth-order valence-corrected chi connectivity index (χ4v) is 2.23. The highest BCUT2D eigenvalue weighted by molar-refractivity contribution is 6.01. The van der Waals surface area contributed by atoms with Crippen LogP contribution in [0, 0.1) is 6.92 Å². The average molecular weight is 270 g/mol. The number of nitrogens with zero attached hydrogens (tertiary/aromatic N) is 2. The van der Waals surface area contributed by atoms with Crippen molar-refractivity contribution < 1.29 is 14.0 Å². The van der Waals surface area contributed by atoms with Crippen LogP contribution < -0.4 is 0 Å². The van der Waals surface area contributed by atoms with Crippen molar-refractivity contribution in [2.75, 3.05) is 0 Å². The fraction of sp³-hybridized carbons (Fsp3) is 0.267. The number of rotatable bonds is 3. The van der Waals surface area contributed by atoms with Crippen LogP contribution in [0.4, 0.5) is 0 Å². The first kappa shape index (κ1) is 12.6. The molecule has 5 heteroatoms. The molecule has 0 spiro atoms. The van der Waals surface area contributed by atoms with Gasteiger partial charge in [-0.1, -0.05) is 18.2 Å². The van der Waals surface area contributed by atoms with E-state index < -0.39 is 0 Å². The highest BCUT2D eigenvalue weighted by Gasteiger charge is 2.30. The van der Waals surface area contributed by atoms with Crippen LogP contribution in [-0.4, -0.2) is 21.7 Å². The summed E-state index contributed by atoms with van der Waals surface area (Å²) in [6, 6.07) is 9.54. The van der Waals surface area contributed by atoms with E-state index in [1.807, 2.05) is 30.3 Å². The molecule has 1 fully saturated rings. The van der Waals surface area contributed by atoms with E-state index in [1.165, 1.54) is 4.90 Å². The molecule has 1 aliphatic rings. The second-order valence-electron chi connectivity index (χ2n) is 4.76. The van der Waals surface area contributed by atoms with Crippen molar-refractivity contribution in [3.63, 3.8) is 0 Å². The number of benzene rings is 1. The molecule has 2 heterocycles. The highest BCUT2D eigenvalue weighted by atomic mass is 16.4. The molecule has 1 aromatic heterocycles. The standard InChI is InChI=1S/C15H14N2O3/c1-10-12(9-17-13(18)7-8-14(17)19)16-15(20-10)11-5-3-2-4-6-11/h2-6H,7-9H2,1H3. The zero-order valence-corrected chi connectivity index (χ0v) is 11.1. The topological polar surface area (TPSA) is 63.4 Å². The van der Waals surface area contributed by atoms with Gasteiger partial charge in [0.05, 0.1) is 6.54 Å². The molecule has 0 N–H and O–H groups in total. The van der Waals surface area contributed by atoms with Gasteiger partial charge in [0, 0.05) is 18.4 Å². The first-order valence-corrected chi connectivity index (χ1v) is 6.50. The van der Waals surface area contributed by atoms with Crippen molar-refractivity contribution in [2.45, 2.75) is 26.3 Å². The van der Waals surface area contributed by atoms with Crippen LogP contribution >= 0.6 is 0 Å². The molecule has 0 unspecified atom stereocenters. The Kier molecular flexibility index (Phi) is 3.10. The minimum atomic E-state index is -0.140. The van der Waals surface area contributed by atoms with Crippen molar-refractivity contribution in [2.24, 2.45) is 0 Å². The minimum absolute atomic E-state index is 0.140. The second-order valence-corrected chi connectivity index (χ2v) is 4.76. The molecule has 0 bridgehead atoms. The van der Waals surface area contributed by atoms with E-state index in [-0.39, 0.29) is 18.4 Å². The Morgan fingerprint density at radius 1 is 1.15 bits per heavy atom. The highest BCUT2D eigenvalue weighted by Crippen LogP contribution is 2.23. The number of imide groups is 1. The molecule has 1 aromatic carbocycles. The molecule has 0 saturated carbocycles. The maximum Gasteiger partial charge on any atom is 0.230 e. The third-order valence-corrected chi connectivity index (χ3v) is 3.38. The van der Waals surface area contributed by atoms with Crippen molar-refractivity contribution in [1.82, 2.24) is 9.88 Å². The average Bonchev–Trinajstić information content (AvgIpc) is 2.98. The first-order chi connectivity index (χ1) is 9.65. The van der Waals surface area contributed by atoms with Gasteiger partial charge in [0.2, 0.25) is 17.7 Å². The lowest BCUT2D eigenvalue weighted by atomic mass is 10.2. The number of aryl methyl sites for hydroxylation is 1. The Bertz CT molecular complexity index is 645. The van der Waals surface area contributed by atoms with Gasteiger partial charge in [0.15, 0.2) is 0 Å². The van der Waals surface area contributed by atoms with Gasteiger partial charge >= 0.3 is 0 Å². The SMILES string of the molecule is Cc1oc(-c2ccccc2)nc1CN1C(=O)CCC1=O. The molecule has 3 rings (SSSR count). The molecule has 102 valence electrons. The largest absolute Gasteiger partial charge is 0.441 e. The summed E-state index contributed by atoms with van der Waals surface area (Å²) in [6.07, 6.45) is 0.586. The Hall–Kier alpha value is -2.43. The maximum atomic E-state index is 11.6. The van der Waals surface area contributed by atoms with Crippen molar-refractivity contribution in [1.29, 1.82) is 0 Å². The van der Waals surface area contributed by atoms with Crippen molar-refractivity contribution in [3.8, 4) is 11.5 Å². The van der Waals surface area contributed by atoms with E-state index in [1.54, 1.807) is 6.92 Å². The summed E-state index contributed by atoms with van der Waals surface area (Å²) < 4.78 is 5.62. The van der Waals surface area contributed by atoms with Crippen LogP contribution in [0.25, 0.3) is 11.5 Å². The summed E-state index contributed by atoms with van der Waals surface area (Å²) in [5.41, 5.74) is 1.51. The van der Waals surface area contributed by atoms with Gasteiger partial charge in [-0.05, 0) is 19.1 Å². The molecule has 2 aromatic rings. The van der Waals surface area contributed by atoms with E-state index >= 15 is 0 Å². The number of carbonyl (C=O) groups is 2. The second kappa shape index (κ2) is 4.92. The molecule has 0 aliphatic carbocycles. The maximum absolute atomic E-state index is 11.6. The third-order valence-electron chi connectivity index (χ3n) is 3.38. The predicted octanol–water partition coefficient (Wildman–Crippen LogP) is 2.30. The van der Waals surface area contributed by atoms with E-state index in [0.29, 0.717) is 30.2 Å². The number of hydrogen-bond donors (Lipinski definition) is 0.